The molecule has 1 unspecified atom stereocenters. The lowest BCUT2D eigenvalue weighted by Gasteiger charge is -2.18. The van der Waals surface area contributed by atoms with E-state index >= 15 is 0 Å². The van der Waals surface area contributed by atoms with E-state index in [0.717, 1.165) is 5.70 Å². The smallest absolute Gasteiger partial charge is 0.263 e. The van der Waals surface area contributed by atoms with Crippen LogP contribution in [0, 0.1) is 0 Å². The van der Waals surface area contributed by atoms with Crippen LogP contribution in [0.5, 0.6) is 0 Å². The summed E-state index contributed by atoms with van der Waals surface area (Å²) in [4.78, 5) is 20.5. The molecule has 0 fully saturated rings. The maximum absolute atomic E-state index is 10.9. The van der Waals surface area contributed by atoms with Crippen molar-refractivity contribution in [2.24, 2.45) is 15.7 Å². The maximum atomic E-state index is 10.9. The number of carbonyl (C=O) groups excluding carboxylic acids is 1. The molecule has 0 aromatic heterocycles. The molecule has 0 bridgehead atoms. The van der Waals surface area contributed by atoms with Crippen LogP contribution in [0.4, 0.5) is 0 Å². The van der Waals surface area contributed by atoms with Gasteiger partial charge in [-0.3, -0.25) is 14.8 Å². The van der Waals surface area contributed by atoms with E-state index in [1.54, 1.807) is 35.8 Å². The second kappa shape index (κ2) is 2.85. The first-order valence-electron chi connectivity index (χ1n) is 3.80. The highest BCUT2D eigenvalue weighted by molar-refractivity contribution is 5.90. The Morgan fingerprint density at radius 3 is 3.23 bits per heavy atom. The van der Waals surface area contributed by atoms with E-state index in [1.807, 2.05) is 0 Å². The maximum Gasteiger partial charge on any atom is 0.263 e. The van der Waals surface area contributed by atoms with Gasteiger partial charge in [0.25, 0.3) is 5.91 Å². The highest BCUT2D eigenvalue weighted by Gasteiger charge is 2.27. The van der Waals surface area contributed by atoms with Gasteiger partial charge in [0.15, 0.2) is 0 Å². The Morgan fingerprint density at radius 2 is 2.46 bits per heavy atom. The fraction of sp³-hybridized carbons (Fsp3) is 0.125. The summed E-state index contributed by atoms with van der Waals surface area (Å²) >= 11 is 0. The fourth-order valence-electron chi connectivity index (χ4n) is 1.21. The Morgan fingerprint density at radius 1 is 1.62 bits per heavy atom. The number of carbonyl (C=O) groups is 1. The number of primary amides is 1. The summed E-state index contributed by atoms with van der Waals surface area (Å²) in [5.41, 5.74) is 5.93. The molecule has 0 aliphatic carbocycles. The average molecular weight is 176 g/mol. The third-order valence-electron chi connectivity index (χ3n) is 1.79. The molecule has 2 aliphatic heterocycles. The number of hydrogen-bond donors (Lipinski definition) is 1. The predicted octanol–water partition coefficient (Wildman–Crippen LogP) is -0.376. The first-order valence-corrected chi connectivity index (χ1v) is 3.80. The summed E-state index contributed by atoms with van der Waals surface area (Å²) in [6.45, 7) is 0. The molecule has 5 heteroatoms. The van der Waals surface area contributed by atoms with E-state index in [9.17, 15) is 4.79 Å². The number of rotatable bonds is 1. The van der Waals surface area contributed by atoms with Crippen LogP contribution in [0.3, 0.4) is 0 Å². The van der Waals surface area contributed by atoms with Crippen LogP contribution in [0.2, 0.25) is 0 Å². The van der Waals surface area contributed by atoms with Crippen LogP contribution in [0.15, 0.2) is 34.2 Å². The third-order valence-corrected chi connectivity index (χ3v) is 1.79. The lowest BCUT2D eigenvalue weighted by atomic mass is 10.4. The van der Waals surface area contributed by atoms with Crippen molar-refractivity contribution in [3.63, 3.8) is 0 Å². The van der Waals surface area contributed by atoms with Crippen molar-refractivity contribution < 1.29 is 4.79 Å². The van der Waals surface area contributed by atoms with Crippen LogP contribution < -0.4 is 5.73 Å². The van der Waals surface area contributed by atoms with Gasteiger partial charge in [0.2, 0.25) is 6.17 Å². The normalized spacial score (nSPS) is 24.2. The molecule has 1 atom stereocenters. The van der Waals surface area contributed by atoms with Crippen LogP contribution in [0.1, 0.15) is 0 Å². The zero-order valence-electron chi connectivity index (χ0n) is 6.79. The molecular weight excluding hydrogens is 168 g/mol. The molecule has 2 heterocycles. The third kappa shape index (κ3) is 1.24. The molecule has 66 valence electrons. The topological polar surface area (TPSA) is 71.0 Å². The number of fused-ring (bicyclic) bond motifs is 1. The molecule has 2 rings (SSSR count). The highest BCUT2D eigenvalue weighted by atomic mass is 16.1. The van der Waals surface area contributed by atoms with Gasteiger partial charge in [0, 0.05) is 18.6 Å². The Balaban J connectivity index is 2.33. The second-order valence-corrected chi connectivity index (χ2v) is 2.66. The average Bonchev–Trinajstić information content (AvgIpc) is 2.36. The molecule has 2 aliphatic rings. The summed E-state index contributed by atoms with van der Waals surface area (Å²) in [6, 6.07) is 0. The van der Waals surface area contributed by atoms with Gasteiger partial charge in [0.05, 0.1) is 11.9 Å². The Kier molecular flexibility index (Phi) is 1.70. The largest absolute Gasteiger partial charge is 0.366 e. The predicted molar refractivity (Wildman–Crippen MR) is 49.0 cm³/mol. The number of aliphatic imine (C=N–C) groups is 2. The summed E-state index contributed by atoms with van der Waals surface area (Å²) in [5.74, 6) is -0.466. The molecule has 0 saturated heterocycles. The van der Waals surface area contributed by atoms with Crippen molar-refractivity contribution in [2.45, 2.75) is 6.17 Å². The van der Waals surface area contributed by atoms with E-state index in [-0.39, 0.29) is 0 Å². The van der Waals surface area contributed by atoms with Crippen LogP contribution in [0.25, 0.3) is 0 Å². The molecule has 1 amide bonds. The minimum atomic E-state index is -0.621. The summed E-state index contributed by atoms with van der Waals surface area (Å²) in [5, 5.41) is 0. The number of hydrogen-bond acceptors (Lipinski definition) is 4. The summed E-state index contributed by atoms with van der Waals surface area (Å²) in [6.07, 6.45) is 7.69. The zero-order valence-corrected chi connectivity index (χ0v) is 6.79. The van der Waals surface area contributed by atoms with E-state index in [0.29, 0.717) is 0 Å². The SMILES string of the molecule is NC(=O)C1N=CC2=CN=CC=CN21. The molecule has 0 saturated carbocycles. The Hall–Kier alpha value is -1.91. The van der Waals surface area contributed by atoms with Crippen LogP contribution in [-0.4, -0.2) is 29.4 Å². The minimum absolute atomic E-state index is 0.466. The number of amides is 1. The first kappa shape index (κ1) is 7.72. The molecule has 0 radical (unpaired) electrons. The van der Waals surface area contributed by atoms with E-state index in [4.69, 9.17) is 5.73 Å². The molecule has 5 nitrogen and oxygen atoms in total. The lowest BCUT2D eigenvalue weighted by Crippen LogP contribution is -2.36. The van der Waals surface area contributed by atoms with E-state index < -0.39 is 12.1 Å². The van der Waals surface area contributed by atoms with E-state index in [2.05, 4.69) is 9.98 Å². The molecule has 0 aromatic carbocycles. The zero-order chi connectivity index (χ0) is 9.26. The van der Waals surface area contributed by atoms with Gasteiger partial charge in [-0.1, -0.05) is 0 Å². The monoisotopic (exact) mass is 176 g/mol. The molecule has 2 N–H and O–H groups in total. The van der Waals surface area contributed by atoms with Gasteiger partial charge < -0.3 is 10.6 Å². The highest BCUT2D eigenvalue weighted by Crippen LogP contribution is 2.17. The van der Waals surface area contributed by atoms with Crippen molar-refractivity contribution in [3.05, 3.63) is 24.2 Å². The Labute approximate surface area is 75.0 Å². The van der Waals surface area contributed by atoms with Crippen molar-refractivity contribution in [1.82, 2.24) is 4.90 Å². The lowest BCUT2D eigenvalue weighted by molar-refractivity contribution is -0.121. The van der Waals surface area contributed by atoms with Crippen molar-refractivity contribution in [2.75, 3.05) is 0 Å². The van der Waals surface area contributed by atoms with Gasteiger partial charge in [-0.15, -0.1) is 0 Å². The van der Waals surface area contributed by atoms with Crippen LogP contribution in [-0.2, 0) is 4.79 Å². The molecule has 0 spiro atoms. The fourth-order valence-corrected chi connectivity index (χ4v) is 1.21. The van der Waals surface area contributed by atoms with Crippen molar-refractivity contribution >= 4 is 18.3 Å². The van der Waals surface area contributed by atoms with Gasteiger partial charge in [0.1, 0.15) is 0 Å². The standard InChI is InChI=1S/C8H8N4O/c9-7(13)8-11-5-6-4-10-2-1-3-12(6)8/h1-5,8H,(H2,9,13). The quantitative estimate of drug-likeness (QED) is 0.591. The molecule has 13 heavy (non-hydrogen) atoms. The number of nitrogens with two attached hydrogens (primary N) is 1. The second-order valence-electron chi connectivity index (χ2n) is 2.66. The van der Waals surface area contributed by atoms with Crippen molar-refractivity contribution in [1.29, 1.82) is 0 Å². The van der Waals surface area contributed by atoms with Gasteiger partial charge in [-0.05, 0) is 6.08 Å². The van der Waals surface area contributed by atoms with E-state index in [1.165, 1.54) is 0 Å². The Bertz CT molecular complexity index is 353. The first-order chi connectivity index (χ1) is 6.29. The van der Waals surface area contributed by atoms with Crippen LogP contribution >= 0.6 is 0 Å². The summed E-state index contributed by atoms with van der Waals surface area (Å²) < 4.78 is 0. The number of nitrogens with zero attached hydrogens (tertiary/aromatic N) is 3. The van der Waals surface area contributed by atoms with Crippen molar-refractivity contribution in [3.8, 4) is 0 Å². The molecule has 0 aromatic rings. The molecular formula is C8H8N4O. The minimum Gasteiger partial charge on any atom is -0.366 e. The van der Waals surface area contributed by atoms with Gasteiger partial charge in [-0.25, -0.2) is 0 Å². The van der Waals surface area contributed by atoms with Gasteiger partial charge >= 0.3 is 0 Å². The number of allylic oxidation sites excluding steroid dienone is 2. The summed E-state index contributed by atoms with van der Waals surface area (Å²) in [7, 11) is 0. The van der Waals surface area contributed by atoms with Gasteiger partial charge in [-0.2, -0.15) is 0 Å².